The molecule has 6 heteroatoms. The van der Waals surface area contributed by atoms with Gasteiger partial charge in [-0.05, 0) is 0 Å². The van der Waals surface area contributed by atoms with E-state index in [0.717, 1.165) is 0 Å². The van der Waals surface area contributed by atoms with E-state index in [1.807, 2.05) is 0 Å². The molecule has 20 heavy (non-hydrogen) atoms. The second-order valence-corrected chi connectivity index (χ2v) is 4.07. The summed E-state index contributed by atoms with van der Waals surface area (Å²) < 4.78 is 15.7. The topological polar surface area (TPSA) is 65.1 Å². The third-order valence-electron chi connectivity index (χ3n) is 3.08. The first-order valence-electron chi connectivity index (χ1n) is 5.90. The first-order valence-corrected chi connectivity index (χ1v) is 5.90. The minimum Gasteiger partial charge on any atom is -0.493 e. The van der Waals surface area contributed by atoms with Gasteiger partial charge < -0.3 is 19.1 Å². The number of nitrogens with zero attached hydrogens (tertiary/aromatic N) is 1. The predicted octanol–water partition coefficient (Wildman–Crippen LogP) is 1.43. The molecule has 106 valence electrons. The molecule has 0 radical (unpaired) electrons. The van der Waals surface area contributed by atoms with E-state index in [9.17, 15) is 9.59 Å². The average Bonchev–Trinajstić information content (AvgIpc) is 2.70. The van der Waals surface area contributed by atoms with Crippen molar-refractivity contribution in [3.63, 3.8) is 0 Å². The number of ether oxygens (including phenoxy) is 3. The van der Waals surface area contributed by atoms with Gasteiger partial charge in [-0.15, -0.1) is 6.58 Å². The van der Waals surface area contributed by atoms with Crippen LogP contribution in [-0.4, -0.2) is 39.6 Å². The third-order valence-corrected chi connectivity index (χ3v) is 3.08. The summed E-state index contributed by atoms with van der Waals surface area (Å²) in [7, 11) is 4.32. The number of anilines is 1. The number of Topliss-reactive ketones (excluding diaryl/α,β-unsaturated/α-hetero) is 1. The van der Waals surface area contributed by atoms with Crippen molar-refractivity contribution in [3.05, 3.63) is 24.3 Å². The number of rotatable bonds is 5. The summed E-state index contributed by atoms with van der Waals surface area (Å²) in [6, 6.07) is 1.59. The van der Waals surface area contributed by atoms with Crippen LogP contribution in [0.5, 0.6) is 17.2 Å². The van der Waals surface area contributed by atoms with Crippen LogP contribution >= 0.6 is 0 Å². The van der Waals surface area contributed by atoms with Gasteiger partial charge in [-0.25, -0.2) is 0 Å². The van der Waals surface area contributed by atoms with Crippen LogP contribution in [0.2, 0.25) is 0 Å². The SMILES string of the molecule is C=CCN1C(=O)C(=O)c2c1cc(OC)c(OC)c2OC. The molecule has 2 rings (SSSR count). The van der Waals surface area contributed by atoms with Crippen LogP contribution in [0, 0.1) is 0 Å². The molecule has 0 fully saturated rings. The van der Waals surface area contributed by atoms with E-state index in [4.69, 9.17) is 14.2 Å². The molecule has 1 aliphatic heterocycles. The molecular formula is C14H15NO5. The van der Waals surface area contributed by atoms with Gasteiger partial charge in [-0.2, -0.15) is 0 Å². The first-order chi connectivity index (χ1) is 9.60. The smallest absolute Gasteiger partial charge is 0.299 e. The third kappa shape index (κ3) is 1.80. The summed E-state index contributed by atoms with van der Waals surface area (Å²) in [5.41, 5.74) is 0.631. The number of benzene rings is 1. The average molecular weight is 277 g/mol. The molecule has 0 atom stereocenters. The minimum atomic E-state index is -0.625. The molecule has 0 bridgehead atoms. The minimum absolute atomic E-state index is 0.192. The highest BCUT2D eigenvalue weighted by atomic mass is 16.5. The quantitative estimate of drug-likeness (QED) is 0.601. The second-order valence-electron chi connectivity index (χ2n) is 4.07. The van der Waals surface area contributed by atoms with Crippen molar-refractivity contribution in [2.45, 2.75) is 0 Å². The summed E-state index contributed by atoms with van der Waals surface area (Å²) in [6.45, 7) is 3.82. The highest BCUT2D eigenvalue weighted by Crippen LogP contribution is 2.47. The van der Waals surface area contributed by atoms with E-state index in [1.54, 1.807) is 12.1 Å². The number of hydrogen-bond acceptors (Lipinski definition) is 5. The number of ketones is 1. The molecule has 0 saturated carbocycles. The number of carbonyl (C=O) groups excluding carboxylic acids is 2. The summed E-state index contributed by atoms with van der Waals surface area (Å²) in [4.78, 5) is 25.5. The fraction of sp³-hybridized carbons (Fsp3) is 0.286. The van der Waals surface area contributed by atoms with E-state index >= 15 is 0 Å². The van der Waals surface area contributed by atoms with Crippen LogP contribution in [-0.2, 0) is 4.79 Å². The Balaban J connectivity index is 2.75. The maximum atomic E-state index is 12.1. The lowest BCUT2D eigenvalue weighted by Gasteiger charge is -2.18. The molecule has 0 unspecified atom stereocenters. The molecule has 0 spiro atoms. The van der Waals surface area contributed by atoms with Gasteiger partial charge in [0.15, 0.2) is 11.5 Å². The van der Waals surface area contributed by atoms with E-state index in [2.05, 4.69) is 6.58 Å². The van der Waals surface area contributed by atoms with Crippen molar-refractivity contribution >= 4 is 17.4 Å². The Hall–Kier alpha value is -2.50. The van der Waals surface area contributed by atoms with Crippen LogP contribution in [0.3, 0.4) is 0 Å². The lowest BCUT2D eigenvalue weighted by Crippen LogP contribution is -2.29. The summed E-state index contributed by atoms with van der Waals surface area (Å²) in [6.07, 6.45) is 1.55. The Morgan fingerprint density at radius 1 is 1.15 bits per heavy atom. The zero-order valence-corrected chi connectivity index (χ0v) is 11.6. The number of hydrogen-bond donors (Lipinski definition) is 0. The Bertz CT molecular complexity index is 594. The number of carbonyl (C=O) groups is 2. The second kappa shape index (κ2) is 5.24. The van der Waals surface area contributed by atoms with Crippen LogP contribution in [0.25, 0.3) is 0 Å². The van der Waals surface area contributed by atoms with Crippen molar-refractivity contribution in [1.82, 2.24) is 0 Å². The molecule has 1 aromatic rings. The van der Waals surface area contributed by atoms with Crippen LogP contribution in [0.1, 0.15) is 10.4 Å². The molecule has 0 saturated heterocycles. The van der Waals surface area contributed by atoms with Crippen LogP contribution in [0.15, 0.2) is 18.7 Å². The Kier molecular flexibility index (Phi) is 3.65. The van der Waals surface area contributed by atoms with Gasteiger partial charge in [0, 0.05) is 12.6 Å². The van der Waals surface area contributed by atoms with Gasteiger partial charge in [0.1, 0.15) is 0 Å². The number of amides is 1. The normalized spacial score (nSPS) is 13.2. The maximum Gasteiger partial charge on any atom is 0.299 e. The Labute approximate surface area is 116 Å². The first kappa shape index (κ1) is 13.9. The fourth-order valence-corrected chi connectivity index (χ4v) is 2.22. The zero-order valence-electron chi connectivity index (χ0n) is 11.6. The van der Waals surface area contributed by atoms with Gasteiger partial charge in [-0.3, -0.25) is 9.59 Å². The van der Waals surface area contributed by atoms with Crippen LogP contribution in [0.4, 0.5) is 5.69 Å². The zero-order chi connectivity index (χ0) is 14.9. The van der Waals surface area contributed by atoms with E-state index in [0.29, 0.717) is 11.4 Å². The van der Waals surface area contributed by atoms with Crippen molar-refractivity contribution < 1.29 is 23.8 Å². The fourth-order valence-electron chi connectivity index (χ4n) is 2.22. The molecule has 6 nitrogen and oxygen atoms in total. The van der Waals surface area contributed by atoms with E-state index < -0.39 is 11.7 Å². The van der Waals surface area contributed by atoms with E-state index in [1.165, 1.54) is 26.2 Å². The molecule has 1 amide bonds. The molecule has 0 aliphatic carbocycles. The molecular weight excluding hydrogens is 262 g/mol. The van der Waals surface area contributed by atoms with Gasteiger partial charge in [0.05, 0.1) is 32.6 Å². The Morgan fingerprint density at radius 2 is 1.80 bits per heavy atom. The summed E-state index contributed by atoms with van der Waals surface area (Å²) in [5, 5.41) is 0. The van der Waals surface area contributed by atoms with Crippen LogP contribution < -0.4 is 19.1 Å². The highest BCUT2D eigenvalue weighted by molar-refractivity contribution is 6.53. The van der Waals surface area contributed by atoms with Gasteiger partial charge in [0.2, 0.25) is 5.75 Å². The van der Waals surface area contributed by atoms with E-state index in [-0.39, 0.29) is 23.6 Å². The summed E-state index contributed by atoms with van der Waals surface area (Å²) >= 11 is 0. The van der Waals surface area contributed by atoms with Crippen molar-refractivity contribution in [2.24, 2.45) is 0 Å². The molecule has 1 aromatic carbocycles. The molecule has 0 N–H and O–H groups in total. The Morgan fingerprint density at radius 3 is 2.30 bits per heavy atom. The summed E-state index contributed by atoms with van der Waals surface area (Å²) in [5.74, 6) is -0.366. The lowest BCUT2D eigenvalue weighted by atomic mass is 10.1. The standard InChI is InChI=1S/C14H15NO5/c1-5-6-15-8-7-9(18-2)12(19-3)13(20-4)10(8)11(16)14(15)17/h5,7H,1,6H2,2-4H3. The van der Waals surface area contributed by atoms with Gasteiger partial charge in [0.25, 0.3) is 11.7 Å². The van der Waals surface area contributed by atoms with Crippen molar-refractivity contribution in [3.8, 4) is 17.2 Å². The maximum absolute atomic E-state index is 12.1. The number of fused-ring (bicyclic) bond motifs is 1. The van der Waals surface area contributed by atoms with Crippen molar-refractivity contribution in [1.29, 1.82) is 0 Å². The molecule has 0 aromatic heterocycles. The number of methoxy groups -OCH3 is 3. The monoisotopic (exact) mass is 277 g/mol. The van der Waals surface area contributed by atoms with Gasteiger partial charge in [-0.1, -0.05) is 6.08 Å². The lowest BCUT2D eigenvalue weighted by molar-refractivity contribution is -0.114. The largest absolute Gasteiger partial charge is 0.493 e. The van der Waals surface area contributed by atoms with Gasteiger partial charge >= 0.3 is 0 Å². The molecule has 1 aliphatic rings. The molecule has 1 heterocycles. The highest BCUT2D eigenvalue weighted by Gasteiger charge is 2.40. The predicted molar refractivity (Wildman–Crippen MR) is 73.0 cm³/mol. The van der Waals surface area contributed by atoms with Crippen molar-refractivity contribution in [2.75, 3.05) is 32.8 Å².